The minimum absolute atomic E-state index is 0.0244. The molecule has 0 aromatic heterocycles. The van der Waals surface area contributed by atoms with E-state index < -0.39 is 10.0 Å². The maximum absolute atomic E-state index is 11.8. The molecule has 1 aromatic carbocycles. The van der Waals surface area contributed by atoms with Crippen molar-refractivity contribution in [1.29, 1.82) is 0 Å². The van der Waals surface area contributed by atoms with E-state index in [0.717, 1.165) is 0 Å². The van der Waals surface area contributed by atoms with Crippen LogP contribution >= 0.6 is 11.6 Å². The second-order valence-corrected chi connectivity index (χ2v) is 5.54. The van der Waals surface area contributed by atoms with Crippen molar-refractivity contribution in [2.75, 3.05) is 6.54 Å². The van der Waals surface area contributed by atoms with Gasteiger partial charge in [0, 0.05) is 5.02 Å². The van der Waals surface area contributed by atoms with E-state index in [4.69, 9.17) is 18.0 Å². The molecule has 0 spiro atoms. The summed E-state index contributed by atoms with van der Waals surface area (Å²) < 4.78 is 26.0. The first kappa shape index (κ1) is 13.0. The van der Waals surface area contributed by atoms with Crippen LogP contribution in [0.1, 0.15) is 11.1 Å². The third-order valence-corrected chi connectivity index (χ3v) is 4.06. The van der Waals surface area contributed by atoms with Gasteiger partial charge in [-0.3, -0.25) is 0 Å². The first-order valence-electron chi connectivity index (χ1n) is 4.58. The largest absolute Gasteiger partial charge is 0.241 e. The number of sulfonamides is 1. The standard InChI is InChI=1S/C11H12ClNO2S/c1-4-5-13-16(14,15)11-7-8(2)10(12)6-9(11)3/h1,6-7,13H,5H2,2-3H3. The van der Waals surface area contributed by atoms with Crippen molar-refractivity contribution in [2.45, 2.75) is 18.7 Å². The second-order valence-electron chi connectivity index (χ2n) is 3.40. The van der Waals surface area contributed by atoms with E-state index in [9.17, 15) is 8.42 Å². The molecule has 0 heterocycles. The number of nitrogens with one attached hydrogen (secondary N) is 1. The second kappa shape index (κ2) is 4.88. The molecule has 1 aromatic rings. The third kappa shape index (κ3) is 2.76. The molecule has 0 saturated heterocycles. The number of hydrogen-bond donors (Lipinski definition) is 1. The zero-order chi connectivity index (χ0) is 12.3. The SMILES string of the molecule is C#CCNS(=O)(=O)c1cc(C)c(Cl)cc1C. The van der Waals surface area contributed by atoms with E-state index in [1.165, 1.54) is 6.07 Å². The zero-order valence-electron chi connectivity index (χ0n) is 9.04. The number of aryl methyl sites for hydroxylation is 2. The predicted octanol–water partition coefficient (Wildman–Crippen LogP) is 1.87. The van der Waals surface area contributed by atoms with E-state index in [1.54, 1.807) is 19.9 Å². The van der Waals surface area contributed by atoms with Gasteiger partial charge in [0.1, 0.15) is 0 Å². The fourth-order valence-corrected chi connectivity index (χ4v) is 2.72. The van der Waals surface area contributed by atoms with Crippen LogP contribution < -0.4 is 4.72 Å². The molecule has 0 atom stereocenters. The Balaban J connectivity index is 3.24. The number of terminal acetylenes is 1. The van der Waals surface area contributed by atoms with E-state index >= 15 is 0 Å². The Morgan fingerprint density at radius 1 is 1.38 bits per heavy atom. The van der Waals surface area contributed by atoms with Crippen LogP contribution in [0.4, 0.5) is 0 Å². The molecule has 0 aliphatic carbocycles. The first-order chi connectivity index (χ1) is 7.38. The number of halogens is 1. The summed E-state index contributed by atoms with van der Waals surface area (Å²) in [4.78, 5) is 0.213. The van der Waals surface area contributed by atoms with Gasteiger partial charge in [-0.2, -0.15) is 4.72 Å². The van der Waals surface area contributed by atoms with Crippen molar-refractivity contribution < 1.29 is 8.42 Å². The van der Waals surface area contributed by atoms with Crippen LogP contribution in [0.3, 0.4) is 0 Å². The van der Waals surface area contributed by atoms with E-state index in [-0.39, 0.29) is 11.4 Å². The lowest BCUT2D eigenvalue weighted by molar-refractivity contribution is 0.585. The van der Waals surface area contributed by atoms with E-state index in [2.05, 4.69) is 10.6 Å². The highest BCUT2D eigenvalue weighted by Crippen LogP contribution is 2.23. The lowest BCUT2D eigenvalue weighted by Gasteiger charge is -2.09. The predicted molar refractivity (Wildman–Crippen MR) is 64.9 cm³/mol. The highest BCUT2D eigenvalue weighted by Gasteiger charge is 2.17. The highest BCUT2D eigenvalue weighted by atomic mass is 35.5. The van der Waals surface area contributed by atoms with Crippen LogP contribution in [-0.4, -0.2) is 15.0 Å². The number of hydrogen-bond acceptors (Lipinski definition) is 2. The summed E-state index contributed by atoms with van der Waals surface area (Å²) in [5.41, 5.74) is 1.31. The molecule has 0 aliphatic heterocycles. The molecular weight excluding hydrogens is 246 g/mol. The maximum atomic E-state index is 11.8. The molecule has 0 unspecified atom stereocenters. The Morgan fingerprint density at radius 3 is 2.56 bits per heavy atom. The Kier molecular flexibility index (Phi) is 3.98. The molecule has 0 amide bonds. The van der Waals surface area contributed by atoms with Crippen LogP contribution in [0.5, 0.6) is 0 Å². The number of rotatable bonds is 3. The smallest absolute Gasteiger partial charge is 0.207 e. The van der Waals surface area contributed by atoms with Gasteiger partial charge in [0.15, 0.2) is 0 Å². The van der Waals surface area contributed by atoms with Crippen molar-refractivity contribution in [3.05, 3.63) is 28.3 Å². The van der Waals surface area contributed by atoms with Crippen molar-refractivity contribution in [3.8, 4) is 12.3 Å². The zero-order valence-corrected chi connectivity index (χ0v) is 10.6. The molecule has 0 radical (unpaired) electrons. The highest BCUT2D eigenvalue weighted by molar-refractivity contribution is 7.89. The molecule has 0 fully saturated rings. The molecule has 5 heteroatoms. The quantitative estimate of drug-likeness (QED) is 0.841. The van der Waals surface area contributed by atoms with Gasteiger partial charge in [-0.15, -0.1) is 6.42 Å². The average Bonchev–Trinajstić information content (AvgIpc) is 2.20. The molecule has 0 bridgehead atoms. The van der Waals surface area contributed by atoms with Gasteiger partial charge in [-0.05, 0) is 37.1 Å². The van der Waals surface area contributed by atoms with Gasteiger partial charge in [0.2, 0.25) is 10.0 Å². The van der Waals surface area contributed by atoms with E-state index in [0.29, 0.717) is 16.1 Å². The molecule has 0 aliphatic rings. The lowest BCUT2D eigenvalue weighted by Crippen LogP contribution is -2.24. The fraction of sp³-hybridized carbons (Fsp3) is 0.273. The van der Waals surface area contributed by atoms with Crippen LogP contribution in [0, 0.1) is 26.2 Å². The Bertz CT molecular complexity index is 544. The van der Waals surface area contributed by atoms with Crippen LogP contribution in [-0.2, 0) is 10.0 Å². The summed E-state index contributed by atoms with van der Waals surface area (Å²) >= 11 is 5.89. The van der Waals surface area contributed by atoms with Gasteiger partial charge >= 0.3 is 0 Å². The maximum Gasteiger partial charge on any atom is 0.241 e. The summed E-state index contributed by atoms with van der Waals surface area (Å²) in [6.45, 7) is 3.42. The lowest BCUT2D eigenvalue weighted by atomic mass is 10.2. The molecule has 3 nitrogen and oxygen atoms in total. The Morgan fingerprint density at radius 2 is 2.00 bits per heavy atom. The summed E-state index contributed by atoms with van der Waals surface area (Å²) in [5, 5.41) is 0.549. The van der Waals surface area contributed by atoms with Crippen LogP contribution in [0.25, 0.3) is 0 Å². The van der Waals surface area contributed by atoms with E-state index in [1.807, 2.05) is 0 Å². The van der Waals surface area contributed by atoms with Gasteiger partial charge in [0.05, 0.1) is 11.4 Å². The minimum atomic E-state index is -3.54. The average molecular weight is 258 g/mol. The molecule has 1 rings (SSSR count). The molecule has 86 valence electrons. The normalized spacial score (nSPS) is 11.1. The molecule has 0 saturated carbocycles. The van der Waals surface area contributed by atoms with Gasteiger partial charge in [-0.1, -0.05) is 17.5 Å². The van der Waals surface area contributed by atoms with Crippen molar-refractivity contribution in [2.24, 2.45) is 0 Å². The van der Waals surface area contributed by atoms with Crippen molar-refractivity contribution >= 4 is 21.6 Å². The summed E-state index contributed by atoms with van der Waals surface area (Å²) in [6.07, 6.45) is 5.01. The third-order valence-electron chi connectivity index (χ3n) is 2.11. The Hall–Kier alpha value is -1.02. The van der Waals surface area contributed by atoms with Crippen LogP contribution in [0.2, 0.25) is 5.02 Å². The summed E-state index contributed by atoms with van der Waals surface area (Å²) in [6, 6.07) is 3.16. The van der Waals surface area contributed by atoms with Gasteiger partial charge < -0.3 is 0 Å². The number of benzene rings is 1. The molecular formula is C11H12ClNO2S. The van der Waals surface area contributed by atoms with Crippen molar-refractivity contribution in [1.82, 2.24) is 4.72 Å². The first-order valence-corrected chi connectivity index (χ1v) is 6.44. The van der Waals surface area contributed by atoms with Gasteiger partial charge in [-0.25, -0.2) is 8.42 Å². The monoisotopic (exact) mass is 257 g/mol. The molecule has 1 N–H and O–H groups in total. The van der Waals surface area contributed by atoms with Crippen molar-refractivity contribution in [3.63, 3.8) is 0 Å². The van der Waals surface area contributed by atoms with Gasteiger partial charge in [0.25, 0.3) is 0 Å². The minimum Gasteiger partial charge on any atom is -0.207 e. The summed E-state index contributed by atoms with van der Waals surface area (Å²) in [5.74, 6) is 2.22. The van der Waals surface area contributed by atoms with Crippen LogP contribution in [0.15, 0.2) is 17.0 Å². The fourth-order valence-electron chi connectivity index (χ4n) is 1.26. The molecule has 16 heavy (non-hydrogen) atoms. The topological polar surface area (TPSA) is 46.2 Å². The Labute approximate surface area is 101 Å². The summed E-state index contributed by atoms with van der Waals surface area (Å²) in [7, 11) is -3.54.